The van der Waals surface area contributed by atoms with E-state index >= 15 is 0 Å². The highest BCUT2D eigenvalue weighted by Crippen LogP contribution is 2.11. The third kappa shape index (κ3) is 4.21. The molecule has 22 heavy (non-hydrogen) atoms. The molecular weight excluding hydrogens is 276 g/mol. The van der Waals surface area contributed by atoms with Gasteiger partial charge in [0.2, 0.25) is 0 Å². The predicted octanol–water partition coefficient (Wildman–Crippen LogP) is 2.81. The topological polar surface area (TPSA) is 45.3 Å². The Kier molecular flexibility index (Phi) is 5.39. The van der Waals surface area contributed by atoms with Gasteiger partial charge in [-0.05, 0) is 40.0 Å². The van der Waals surface area contributed by atoms with Gasteiger partial charge in [0.15, 0.2) is 5.43 Å². The fourth-order valence-corrected chi connectivity index (χ4v) is 2.27. The van der Waals surface area contributed by atoms with E-state index in [9.17, 15) is 4.79 Å². The van der Waals surface area contributed by atoms with Gasteiger partial charge in [-0.15, -0.1) is 0 Å². The number of ether oxygens (including phenoxy) is 1. The van der Waals surface area contributed by atoms with E-state index in [2.05, 4.69) is 16.8 Å². The number of nitrogens with zero attached hydrogens (tertiary/aromatic N) is 1. The maximum Gasteiger partial charge on any atom is 0.187 e. The van der Waals surface area contributed by atoms with Gasteiger partial charge in [-0.25, -0.2) is 0 Å². The first-order valence-corrected chi connectivity index (χ1v) is 7.53. The molecule has 0 aliphatic rings. The highest BCUT2D eigenvalue weighted by molar-refractivity contribution is 5.26. The number of benzene rings is 1. The second-order valence-corrected chi connectivity index (χ2v) is 5.80. The van der Waals surface area contributed by atoms with Gasteiger partial charge >= 0.3 is 0 Å². The van der Waals surface area contributed by atoms with Crippen LogP contribution in [0.2, 0.25) is 0 Å². The first-order valence-electron chi connectivity index (χ1n) is 7.53. The van der Waals surface area contributed by atoms with Gasteiger partial charge in [-0.1, -0.05) is 17.7 Å². The molecule has 0 saturated carbocycles. The zero-order valence-electron chi connectivity index (χ0n) is 13.8. The van der Waals surface area contributed by atoms with E-state index in [1.165, 1.54) is 5.56 Å². The number of rotatable bonds is 6. The minimum Gasteiger partial charge on any atom is -0.492 e. The quantitative estimate of drug-likeness (QED) is 0.892. The van der Waals surface area contributed by atoms with Crippen molar-refractivity contribution in [3.05, 3.63) is 63.1 Å². The predicted molar refractivity (Wildman–Crippen MR) is 89.5 cm³/mol. The summed E-state index contributed by atoms with van der Waals surface area (Å²) in [7, 11) is 2.02. The molecule has 4 heteroatoms. The van der Waals surface area contributed by atoms with Gasteiger partial charge in [-0.2, -0.15) is 0 Å². The zero-order valence-corrected chi connectivity index (χ0v) is 13.8. The summed E-state index contributed by atoms with van der Waals surface area (Å²) in [6.45, 7) is 7.88. The number of hydrogen-bond acceptors (Lipinski definition) is 3. The summed E-state index contributed by atoms with van der Waals surface area (Å²) in [5, 5.41) is 0. The SMILES string of the molecule is Cc1ccc(OCCN(C)Cc2[nH]cc(C)c(=O)c2C)cc1. The molecular formula is C18H24N2O2. The first kappa shape index (κ1) is 16.3. The molecule has 0 bridgehead atoms. The summed E-state index contributed by atoms with van der Waals surface area (Å²) < 4.78 is 5.73. The van der Waals surface area contributed by atoms with E-state index in [0.717, 1.165) is 29.1 Å². The van der Waals surface area contributed by atoms with Crippen molar-refractivity contribution < 1.29 is 4.74 Å². The van der Waals surface area contributed by atoms with Gasteiger partial charge in [0.05, 0.1) is 0 Å². The molecule has 1 heterocycles. The van der Waals surface area contributed by atoms with Gasteiger partial charge in [0, 0.05) is 36.1 Å². The van der Waals surface area contributed by atoms with Crippen molar-refractivity contribution in [2.24, 2.45) is 0 Å². The number of nitrogens with one attached hydrogen (secondary N) is 1. The van der Waals surface area contributed by atoms with E-state index in [0.29, 0.717) is 13.2 Å². The van der Waals surface area contributed by atoms with Crippen LogP contribution in [0, 0.1) is 20.8 Å². The molecule has 4 nitrogen and oxygen atoms in total. The van der Waals surface area contributed by atoms with Gasteiger partial charge in [0.1, 0.15) is 12.4 Å². The van der Waals surface area contributed by atoms with Gasteiger partial charge in [-0.3, -0.25) is 9.69 Å². The van der Waals surface area contributed by atoms with Crippen molar-refractivity contribution >= 4 is 0 Å². The van der Waals surface area contributed by atoms with Crippen LogP contribution < -0.4 is 10.2 Å². The van der Waals surface area contributed by atoms with E-state index in [1.54, 1.807) is 6.20 Å². The molecule has 0 spiro atoms. The Morgan fingerprint density at radius 2 is 1.82 bits per heavy atom. The van der Waals surface area contributed by atoms with Crippen LogP contribution in [0.1, 0.15) is 22.4 Å². The molecule has 0 amide bonds. The van der Waals surface area contributed by atoms with Crippen LogP contribution in [-0.2, 0) is 6.54 Å². The average molecular weight is 300 g/mol. The number of likely N-dealkylation sites (N-methyl/N-ethyl adjacent to an activating group) is 1. The highest BCUT2D eigenvalue weighted by Gasteiger charge is 2.08. The fourth-order valence-electron chi connectivity index (χ4n) is 2.27. The molecule has 0 unspecified atom stereocenters. The molecule has 0 saturated heterocycles. The molecule has 2 rings (SSSR count). The number of H-pyrrole nitrogens is 1. The number of pyridine rings is 1. The maximum absolute atomic E-state index is 11.9. The lowest BCUT2D eigenvalue weighted by Gasteiger charge is -2.18. The molecule has 118 valence electrons. The van der Waals surface area contributed by atoms with Crippen molar-refractivity contribution in [3.63, 3.8) is 0 Å². The summed E-state index contributed by atoms with van der Waals surface area (Å²) in [4.78, 5) is 17.3. The van der Waals surface area contributed by atoms with Crippen LogP contribution in [-0.4, -0.2) is 30.1 Å². The minimum atomic E-state index is 0.123. The van der Waals surface area contributed by atoms with Crippen LogP contribution in [0.5, 0.6) is 5.75 Å². The number of aromatic nitrogens is 1. The number of hydrogen-bond donors (Lipinski definition) is 1. The second kappa shape index (κ2) is 7.27. The Balaban J connectivity index is 1.85. The zero-order chi connectivity index (χ0) is 16.1. The summed E-state index contributed by atoms with van der Waals surface area (Å²) >= 11 is 0. The van der Waals surface area contributed by atoms with Crippen molar-refractivity contribution in [1.82, 2.24) is 9.88 Å². The van der Waals surface area contributed by atoms with E-state index < -0.39 is 0 Å². The minimum absolute atomic E-state index is 0.123. The molecule has 1 aromatic carbocycles. The highest BCUT2D eigenvalue weighted by atomic mass is 16.5. The Morgan fingerprint density at radius 3 is 2.50 bits per heavy atom. The van der Waals surface area contributed by atoms with E-state index in [1.807, 2.05) is 45.2 Å². The normalized spacial score (nSPS) is 11.0. The lowest BCUT2D eigenvalue weighted by molar-refractivity contribution is 0.231. The Morgan fingerprint density at radius 1 is 1.14 bits per heavy atom. The Hall–Kier alpha value is -2.07. The molecule has 0 fully saturated rings. The van der Waals surface area contributed by atoms with Crippen LogP contribution >= 0.6 is 0 Å². The van der Waals surface area contributed by atoms with Crippen molar-refractivity contribution in [3.8, 4) is 5.75 Å². The lowest BCUT2D eigenvalue weighted by Crippen LogP contribution is -2.26. The number of aromatic amines is 1. The molecule has 0 radical (unpaired) electrons. The van der Waals surface area contributed by atoms with E-state index in [-0.39, 0.29) is 5.43 Å². The monoisotopic (exact) mass is 300 g/mol. The van der Waals surface area contributed by atoms with Gasteiger partial charge < -0.3 is 9.72 Å². The van der Waals surface area contributed by atoms with Crippen molar-refractivity contribution in [2.45, 2.75) is 27.3 Å². The van der Waals surface area contributed by atoms with Crippen LogP contribution in [0.15, 0.2) is 35.3 Å². The smallest absolute Gasteiger partial charge is 0.187 e. The van der Waals surface area contributed by atoms with Crippen molar-refractivity contribution in [1.29, 1.82) is 0 Å². The van der Waals surface area contributed by atoms with E-state index in [4.69, 9.17) is 4.74 Å². The maximum atomic E-state index is 11.9. The summed E-state index contributed by atoms with van der Waals surface area (Å²) in [5.74, 6) is 0.888. The van der Waals surface area contributed by atoms with Crippen molar-refractivity contribution in [2.75, 3.05) is 20.2 Å². The summed E-state index contributed by atoms with van der Waals surface area (Å²) in [6.07, 6.45) is 1.78. The molecule has 0 aliphatic carbocycles. The molecule has 2 aromatic rings. The second-order valence-electron chi connectivity index (χ2n) is 5.80. The van der Waals surface area contributed by atoms with Crippen LogP contribution in [0.4, 0.5) is 0 Å². The first-order chi connectivity index (χ1) is 10.5. The van der Waals surface area contributed by atoms with Gasteiger partial charge in [0.25, 0.3) is 0 Å². The standard InChI is InChI=1S/C18H24N2O2/c1-13-5-7-16(8-6-13)22-10-9-20(4)12-17-15(3)18(21)14(2)11-19-17/h5-8,11H,9-10,12H2,1-4H3,(H,19,21). The fraction of sp³-hybridized carbons (Fsp3) is 0.389. The van der Waals surface area contributed by atoms with Crippen LogP contribution in [0.25, 0.3) is 0 Å². The molecule has 0 atom stereocenters. The summed E-state index contributed by atoms with van der Waals surface area (Å²) in [6, 6.07) is 8.05. The lowest BCUT2D eigenvalue weighted by atomic mass is 10.1. The summed E-state index contributed by atoms with van der Waals surface area (Å²) in [5.41, 5.74) is 3.87. The Bertz CT molecular complexity index is 674. The molecule has 1 aromatic heterocycles. The third-order valence-corrected chi connectivity index (χ3v) is 3.81. The third-order valence-electron chi connectivity index (χ3n) is 3.81. The molecule has 0 aliphatic heterocycles. The van der Waals surface area contributed by atoms with Crippen LogP contribution in [0.3, 0.4) is 0 Å². The molecule has 1 N–H and O–H groups in total. The Labute approximate surface area is 131 Å². The average Bonchev–Trinajstić information content (AvgIpc) is 2.50. The largest absolute Gasteiger partial charge is 0.492 e. The number of aryl methyl sites for hydroxylation is 2.